The molecule has 0 saturated carbocycles. The van der Waals surface area contributed by atoms with Crippen molar-refractivity contribution in [2.24, 2.45) is 0 Å². The fourth-order valence-electron chi connectivity index (χ4n) is 0.857. The number of ketones is 1. The van der Waals surface area contributed by atoms with E-state index in [1.807, 2.05) is 0 Å². The molecule has 0 spiro atoms. The summed E-state index contributed by atoms with van der Waals surface area (Å²) in [5, 5.41) is 17.7. The Bertz CT molecular complexity index is 219. The van der Waals surface area contributed by atoms with Crippen LogP contribution >= 0.6 is 0 Å². The number of ether oxygens (including phenoxy) is 1. The monoisotopic (exact) mass is 170 g/mol. The van der Waals surface area contributed by atoms with Gasteiger partial charge in [-0.2, -0.15) is 0 Å². The number of hydrogen-bond acceptors (Lipinski definition) is 4. The van der Waals surface area contributed by atoms with Crippen LogP contribution in [0.1, 0.15) is 0 Å². The van der Waals surface area contributed by atoms with Gasteiger partial charge in [-0.3, -0.25) is 4.79 Å². The first kappa shape index (κ1) is 8.96. The maximum atomic E-state index is 10.8. The lowest BCUT2D eigenvalue weighted by Crippen LogP contribution is -2.36. The molecule has 2 atom stereocenters. The van der Waals surface area contributed by atoms with Crippen LogP contribution in [-0.2, 0) is 9.53 Å². The number of allylic oxidation sites excluding steroid dienone is 2. The minimum atomic E-state index is -1.28. The highest BCUT2D eigenvalue weighted by Gasteiger charge is 2.24. The van der Waals surface area contributed by atoms with Crippen molar-refractivity contribution >= 4 is 5.78 Å². The molecule has 0 radical (unpaired) electrons. The molecule has 0 fully saturated rings. The number of carbonyl (C=O) groups is 1. The van der Waals surface area contributed by atoms with Gasteiger partial charge in [0.15, 0.2) is 11.9 Å². The van der Waals surface area contributed by atoms with Crippen LogP contribution in [0.25, 0.3) is 0 Å². The number of Topliss-reactive ketones (excluding diaryl/α,β-unsaturated/α-hetero) is 1. The minimum Gasteiger partial charge on any atom is -0.491 e. The SMILES string of the molecule is O=C(CO)C(O)C1C=CC=CO1. The molecule has 0 saturated heterocycles. The van der Waals surface area contributed by atoms with Gasteiger partial charge >= 0.3 is 0 Å². The lowest BCUT2D eigenvalue weighted by Gasteiger charge is -2.18. The highest BCUT2D eigenvalue weighted by Crippen LogP contribution is 2.07. The third-order valence-corrected chi connectivity index (χ3v) is 1.52. The van der Waals surface area contributed by atoms with Gasteiger partial charge in [0.25, 0.3) is 0 Å². The van der Waals surface area contributed by atoms with Gasteiger partial charge in [0.2, 0.25) is 0 Å². The van der Waals surface area contributed by atoms with Crippen molar-refractivity contribution in [2.75, 3.05) is 6.61 Å². The Morgan fingerprint density at radius 3 is 2.83 bits per heavy atom. The van der Waals surface area contributed by atoms with Gasteiger partial charge in [0, 0.05) is 0 Å². The van der Waals surface area contributed by atoms with E-state index in [-0.39, 0.29) is 0 Å². The quantitative estimate of drug-likeness (QED) is 0.592. The average Bonchev–Trinajstić information content (AvgIpc) is 2.17. The van der Waals surface area contributed by atoms with E-state index < -0.39 is 24.6 Å². The summed E-state index contributed by atoms with van der Waals surface area (Å²) in [7, 11) is 0. The Kier molecular flexibility index (Phi) is 3.01. The number of aliphatic hydroxyl groups is 2. The van der Waals surface area contributed by atoms with Crippen LogP contribution in [-0.4, -0.2) is 34.8 Å². The molecule has 0 aromatic rings. The van der Waals surface area contributed by atoms with Crippen molar-refractivity contribution < 1.29 is 19.7 Å². The predicted octanol–water partition coefficient (Wildman–Crippen LogP) is -0.623. The van der Waals surface area contributed by atoms with Crippen molar-refractivity contribution in [3.05, 3.63) is 24.5 Å². The van der Waals surface area contributed by atoms with Gasteiger partial charge in [0.05, 0.1) is 6.26 Å². The van der Waals surface area contributed by atoms with Gasteiger partial charge in [-0.15, -0.1) is 0 Å². The minimum absolute atomic E-state index is 0.639. The molecule has 2 unspecified atom stereocenters. The largest absolute Gasteiger partial charge is 0.491 e. The molecule has 1 aliphatic rings. The second-order valence-corrected chi connectivity index (χ2v) is 2.38. The third kappa shape index (κ3) is 1.93. The van der Waals surface area contributed by atoms with E-state index in [0.717, 1.165) is 0 Å². The summed E-state index contributed by atoms with van der Waals surface area (Å²) in [6.07, 6.45) is 4.30. The summed E-state index contributed by atoms with van der Waals surface area (Å²) in [4.78, 5) is 10.8. The van der Waals surface area contributed by atoms with Crippen molar-refractivity contribution in [2.45, 2.75) is 12.2 Å². The highest BCUT2D eigenvalue weighted by molar-refractivity contribution is 5.84. The molecule has 1 rings (SSSR count). The summed E-state index contributed by atoms with van der Waals surface area (Å²) < 4.78 is 4.91. The molecule has 4 heteroatoms. The standard InChI is InChI=1S/C8H10O4/c9-5-6(10)8(11)7-3-1-2-4-12-7/h1-4,7-9,11H,5H2. The Balaban J connectivity index is 2.52. The fraction of sp³-hybridized carbons (Fsp3) is 0.375. The van der Waals surface area contributed by atoms with E-state index in [2.05, 4.69) is 0 Å². The maximum absolute atomic E-state index is 10.8. The highest BCUT2D eigenvalue weighted by atomic mass is 16.5. The molecule has 1 aliphatic heterocycles. The smallest absolute Gasteiger partial charge is 0.190 e. The first-order chi connectivity index (χ1) is 5.75. The van der Waals surface area contributed by atoms with E-state index in [4.69, 9.17) is 9.84 Å². The fourth-order valence-corrected chi connectivity index (χ4v) is 0.857. The number of hydrogen-bond donors (Lipinski definition) is 2. The van der Waals surface area contributed by atoms with Gasteiger partial charge in [-0.25, -0.2) is 0 Å². The Morgan fingerprint density at radius 2 is 2.33 bits per heavy atom. The Morgan fingerprint density at radius 1 is 1.58 bits per heavy atom. The molecular formula is C8H10O4. The van der Waals surface area contributed by atoms with Crippen LogP contribution in [0.2, 0.25) is 0 Å². The van der Waals surface area contributed by atoms with Crippen molar-refractivity contribution in [1.29, 1.82) is 0 Å². The van der Waals surface area contributed by atoms with Crippen LogP contribution in [0.3, 0.4) is 0 Å². The zero-order valence-corrected chi connectivity index (χ0v) is 6.38. The van der Waals surface area contributed by atoms with E-state index in [0.29, 0.717) is 0 Å². The van der Waals surface area contributed by atoms with Crippen LogP contribution in [0.4, 0.5) is 0 Å². The normalized spacial score (nSPS) is 23.3. The van der Waals surface area contributed by atoms with Gasteiger partial charge in [0.1, 0.15) is 12.7 Å². The summed E-state index contributed by atoms with van der Waals surface area (Å²) in [5.74, 6) is -0.639. The number of carbonyl (C=O) groups excluding carboxylic acids is 1. The number of aliphatic hydroxyl groups excluding tert-OH is 2. The van der Waals surface area contributed by atoms with Gasteiger partial charge < -0.3 is 14.9 Å². The van der Waals surface area contributed by atoms with Crippen LogP contribution < -0.4 is 0 Å². The molecule has 0 aliphatic carbocycles. The predicted molar refractivity (Wildman–Crippen MR) is 41.3 cm³/mol. The lowest BCUT2D eigenvalue weighted by atomic mass is 10.1. The first-order valence-electron chi connectivity index (χ1n) is 3.56. The summed E-state index contributed by atoms with van der Waals surface area (Å²) in [6, 6.07) is 0. The molecular weight excluding hydrogens is 160 g/mol. The van der Waals surface area contributed by atoms with E-state index in [1.165, 1.54) is 6.26 Å². The zero-order valence-electron chi connectivity index (χ0n) is 6.38. The average molecular weight is 170 g/mol. The van der Waals surface area contributed by atoms with Gasteiger partial charge in [-0.1, -0.05) is 6.08 Å². The van der Waals surface area contributed by atoms with Crippen molar-refractivity contribution in [3.8, 4) is 0 Å². The summed E-state index contributed by atoms with van der Waals surface area (Å²) >= 11 is 0. The van der Waals surface area contributed by atoms with E-state index in [1.54, 1.807) is 18.2 Å². The van der Waals surface area contributed by atoms with Gasteiger partial charge in [-0.05, 0) is 12.2 Å². The lowest BCUT2D eigenvalue weighted by molar-refractivity contribution is -0.134. The molecule has 0 amide bonds. The molecule has 1 heterocycles. The second kappa shape index (κ2) is 4.04. The first-order valence-corrected chi connectivity index (χ1v) is 3.56. The van der Waals surface area contributed by atoms with Crippen LogP contribution in [0.5, 0.6) is 0 Å². The van der Waals surface area contributed by atoms with E-state index in [9.17, 15) is 9.90 Å². The molecule has 66 valence electrons. The molecule has 2 N–H and O–H groups in total. The van der Waals surface area contributed by atoms with Crippen molar-refractivity contribution in [1.82, 2.24) is 0 Å². The molecule has 0 bridgehead atoms. The summed E-state index contributed by atoms with van der Waals surface area (Å²) in [5.41, 5.74) is 0. The number of rotatable bonds is 3. The van der Waals surface area contributed by atoms with E-state index >= 15 is 0 Å². The second-order valence-electron chi connectivity index (χ2n) is 2.38. The molecule has 4 nitrogen and oxygen atoms in total. The van der Waals surface area contributed by atoms with Crippen LogP contribution in [0, 0.1) is 0 Å². The Labute approximate surface area is 69.8 Å². The topological polar surface area (TPSA) is 66.8 Å². The molecule has 12 heavy (non-hydrogen) atoms. The molecule has 0 aromatic heterocycles. The third-order valence-electron chi connectivity index (χ3n) is 1.52. The summed E-state index contributed by atoms with van der Waals surface area (Å²) in [6.45, 7) is -0.668. The maximum Gasteiger partial charge on any atom is 0.190 e. The molecule has 0 aromatic carbocycles. The van der Waals surface area contributed by atoms with Crippen LogP contribution in [0.15, 0.2) is 24.5 Å². The Hall–Kier alpha value is -1.13. The van der Waals surface area contributed by atoms with Crippen molar-refractivity contribution in [3.63, 3.8) is 0 Å². The zero-order chi connectivity index (χ0) is 8.97.